The van der Waals surface area contributed by atoms with E-state index >= 15 is 0 Å². The molecule has 324 valence electrons. The molecule has 0 spiro atoms. The zero-order valence-electron chi connectivity index (χ0n) is 35.0. The molecule has 0 bridgehead atoms. The van der Waals surface area contributed by atoms with Crippen molar-refractivity contribution in [1.29, 1.82) is 0 Å². The maximum absolute atomic E-state index is 14.0. The van der Waals surface area contributed by atoms with E-state index < -0.39 is 23.1 Å². The lowest BCUT2D eigenvalue weighted by Crippen LogP contribution is -2.51. The third-order valence-electron chi connectivity index (χ3n) is 10.8. The van der Waals surface area contributed by atoms with Crippen molar-refractivity contribution >= 4 is 62.9 Å². The fourth-order valence-corrected chi connectivity index (χ4v) is 10.1. The zero-order chi connectivity index (χ0) is 43.1. The van der Waals surface area contributed by atoms with Crippen LogP contribution in [0.4, 0.5) is 16.2 Å². The summed E-state index contributed by atoms with van der Waals surface area (Å²) in [5.41, 5.74) is 9.67. The highest BCUT2D eigenvalue weighted by Crippen LogP contribution is 2.43. The number of aryl methyl sites for hydroxylation is 1. The topological polar surface area (TPSA) is 174 Å². The number of ketones is 1. The summed E-state index contributed by atoms with van der Waals surface area (Å²) in [5.74, 6) is 1.69. The molecular weight excluding hydrogens is 807 g/mol. The Morgan fingerprint density at radius 1 is 0.917 bits per heavy atom. The Morgan fingerprint density at radius 3 is 2.35 bits per heavy atom. The highest BCUT2D eigenvalue weighted by atomic mass is 33.1. The molecule has 0 aliphatic carbocycles. The van der Waals surface area contributed by atoms with Crippen LogP contribution < -0.4 is 24.8 Å². The largest absolute Gasteiger partial charge is 0.493 e. The molecule has 2 aromatic rings. The quantitative estimate of drug-likeness (QED) is 0.0841. The number of aliphatic hydroxyl groups is 1. The lowest BCUT2D eigenvalue weighted by atomic mass is 10.1. The van der Waals surface area contributed by atoms with E-state index in [-0.39, 0.29) is 48.0 Å². The number of rotatable bonds is 19. The van der Waals surface area contributed by atoms with Gasteiger partial charge in [-0.1, -0.05) is 45.9 Å². The number of benzene rings is 2. The summed E-state index contributed by atoms with van der Waals surface area (Å²) in [4.78, 5) is 62.4. The van der Waals surface area contributed by atoms with E-state index in [9.17, 15) is 24.3 Å². The Bertz CT molecular complexity index is 2020. The second kappa shape index (κ2) is 19.9. The van der Waals surface area contributed by atoms with Gasteiger partial charge in [0.1, 0.15) is 18.1 Å². The van der Waals surface area contributed by atoms with Gasteiger partial charge in [0, 0.05) is 50.0 Å². The Morgan fingerprint density at radius 2 is 1.62 bits per heavy atom. The number of Topliss-reactive ketones (excluding diaryl/α,β-unsaturated/α-hetero) is 1. The second-order valence-corrected chi connectivity index (χ2v) is 19.4. The van der Waals surface area contributed by atoms with E-state index in [1.54, 1.807) is 12.1 Å². The van der Waals surface area contributed by atoms with Gasteiger partial charge in [0.2, 0.25) is 0 Å². The lowest BCUT2D eigenvalue weighted by Gasteiger charge is -2.32. The molecule has 1 unspecified atom stereocenters. The molecular formula is C44H57N5O9S2. The average molecular weight is 864 g/mol. The zero-order valence-corrected chi connectivity index (χ0v) is 36.7. The van der Waals surface area contributed by atoms with E-state index in [2.05, 4.69) is 18.2 Å². The molecule has 3 amide bonds. The van der Waals surface area contributed by atoms with Crippen LogP contribution in [0.3, 0.4) is 0 Å². The first-order chi connectivity index (χ1) is 28.7. The molecule has 16 heteroatoms. The maximum Gasteiger partial charge on any atom is 0.416 e. The Kier molecular flexibility index (Phi) is 14.9. The van der Waals surface area contributed by atoms with Crippen LogP contribution in [0.1, 0.15) is 91.5 Å². The minimum absolute atomic E-state index is 0.0110. The number of unbranched alkanes of at least 4 members (excludes halogenated alkanes) is 2. The number of nitrogens with zero attached hydrogens (tertiary/aromatic N) is 4. The number of carbonyl (C=O) groups excluding carboxylic acids is 4. The van der Waals surface area contributed by atoms with E-state index in [1.807, 2.05) is 44.0 Å². The number of carbonyl (C=O) groups is 4. The summed E-state index contributed by atoms with van der Waals surface area (Å²) in [6.45, 7) is 15.9. The van der Waals surface area contributed by atoms with Gasteiger partial charge in [-0.25, -0.2) is 9.69 Å². The molecule has 2 aromatic carbocycles. The van der Waals surface area contributed by atoms with Gasteiger partial charge in [0.15, 0.2) is 17.7 Å². The SMILES string of the molecule is C=C1C[C@H]2C=Nc3cc(OCCCCCOc4cc5c(cc4OC)C(=O)N4CC(=C)C[C@H]4C(O)N5C(=O)OCC(C)(C)SSCCC(=O)CCCN)c(C)cc3C(=O)N2C1. The van der Waals surface area contributed by atoms with E-state index in [0.717, 1.165) is 40.9 Å². The van der Waals surface area contributed by atoms with Crippen LogP contribution in [0, 0.1) is 6.92 Å². The molecule has 60 heavy (non-hydrogen) atoms. The van der Waals surface area contributed by atoms with Gasteiger partial charge in [-0.15, -0.1) is 0 Å². The second-order valence-electron chi connectivity index (χ2n) is 16.3. The van der Waals surface area contributed by atoms with Gasteiger partial charge in [0.25, 0.3) is 11.8 Å². The summed E-state index contributed by atoms with van der Waals surface area (Å²) in [6, 6.07) is 6.00. The van der Waals surface area contributed by atoms with Crippen molar-refractivity contribution in [2.75, 3.05) is 57.2 Å². The van der Waals surface area contributed by atoms with E-state index in [4.69, 9.17) is 24.7 Å². The summed E-state index contributed by atoms with van der Waals surface area (Å²) in [7, 11) is 4.53. The van der Waals surface area contributed by atoms with Gasteiger partial charge >= 0.3 is 6.09 Å². The highest BCUT2D eigenvalue weighted by molar-refractivity contribution is 8.77. The predicted molar refractivity (Wildman–Crippen MR) is 236 cm³/mol. The average Bonchev–Trinajstić information content (AvgIpc) is 3.76. The van der Waals surface area contributed by atoms with Crippen molar-refractivity contribution < 1.29 is 43.2 Å². The van der Waals surface area contributed by atoms with Crippen molar-refractivity contribution in [2.45, 2.75) is 95.2 Å². The van der Waals surface area contributed by atoms with Crippen LogP contribution in [-0.2, 0) is 9.53 Å². The molecule has 3 atom stereocenters. The maximum atomic E-state index is 14.0. The smallest absolute Gasteiger partial charge is 0.416 e. The van der Waals surface area contributed by atoms with Crippen LogP contribution in [0.25, 0.3) is 0 Å². The molecule has 2 fully saturated rings. The van der Waals surface area contributed by atoms with Crippen LogP contribution in [0.15, 0.2) is 53.6 Å². The van der Waals surface area contributed by atoms with Crippen LogP contribution in [0.2, 0.25) is 0 Å². The Labute approximate surface area is 360 Å². The molecule has 2 saturated heterocycles. The van der Waals surface area contributed by atoms with Gasteiger partial charge in [-0.05, 0) is 83.5 Å². The van der Waals surface area contributed by atoms with Gasteiger partial charge in [0.05, 0.1) is 59.7 Å². The first kappa shape index (κ1) is 45.0. The van der Waals surface area contributed by atoms with Crippen molar-refractivity contribution in [3.05, 3.63) is 65.3 Å². The number of aliphatic imine (C=N–C) groups is 1. The lowest BCUT2D eigenvalue weighted by molar-refractivity contribution is -0.118. The predicted octanol–water partition coefficient (Wildman–Crippen LogP) is 7.02. The Hall–Kier alpha value is -4.51. The number of fused-ring (bicyclic) bond motifs is 4. The summed E-state index contributed by atoms with van der Waals surface area (Å²) < 4.78 is 23.3. The van der Waals surface area contributed by atoms with Crippen molar-refractivity contribution in [3.8, 4) is 17.2 Å². The first-order valence-corrected chi connectivity index (χ1v) is 22.8. The molecule has 0 saturated carbocycles. The number of aliphatic hydroxyl groups excluding tert-OH is 1. The fraction of sp³-hybridized carbons (Fsp3) is 0.523. The van der Waals surface area contributed by atoms with Crippen molar-refractivity contribution in [3.63, 3.8) is 0 Å². The van der Waals surface area contributed by atoms with E-state index in [1.165, 1.54) is 33.6 Å². The number of amides is 3. The first-order valence-electron chi connectivity index (χ1n) is 20.5. The summed E-state index contributed by atoms with van der Waals surface area (Å²) in [5, 5.41) is 11.8. The molecule has 3 N–H and O–H groups in total. The standard InChI is InChI=1S/C44H57N5O9S2/c1-27-17-30-23-46-34-21-37(29(3)19-32(34)40(51)47(30)24-27)56-14-8-7-9-15-57-39-22-35-33(20-38(39)55-6)41(52)48-25-28(2)18-36(48)42(53)49(35)43(54)58-26-44(4,5)60-59-16-12-31(50)11-10-13-45/h19-23,30,36,42,53H,1-2,7-18,24-26,45H2,3-6H3/t30-,36-,42?/m0/s1. The third kappa shape index (κ3) is 10.5. The minimum atomic E-state index is -1.42. The molecule has 0 aromatic heterocycles. The third-order valence-corrected chi connectivity index (χ3v) is 14.1. The molecule has 0 radical (unpaired) electrons. The normalized spacial score (nSPS) is 19.7. The van der Waals surface area contributed by atoms with Crippen LogP contribution in [0.5, 0.6) is 17.2 Å². The number of hydrogen-bond donors (Lipinski definition) is 2. The molecule has 4 aliphatic heterocycles. The van der Waals surface area contributed by atoms with Gasteiger partial charge < -0.3 is 39.6 Å². The monoisotopic (exact) mass is 863 g/mol. The van der Waals surface area contributed by atoms with Gasteiger partial charge in [-0.2, -0.15) is 0 Å². The number of nitrogens with two attached hydrogens (primary N) is 1. The Balaban J connectivity index is 1.07. The van der Waals surface area contributed by atoms with Crippen molar-refractivity contribution in [1.82, 2.24) is 9.80 Å². The summed E-state index contributed by atoms with van der Waals surface area (Å²) in [6.07, 6.45) is 4.44. The number of anilines is 1. The molecule has 6 rings (SSSR count). The summed E-state index contributed by atoms with van der Waals surface area (Å²) >= 11 is 0. The minimum Gasteiger partial charge on any atom is -0.493 e. The number of methoxy groups -OCH3 is 1. The molecule has 4 heterocycles. The molecule has 14 nitrogen and oxygen atoms in total. The van der Waals surface area contributed by atoms with Crippen molar-refractivity contribution in [2.24, 2.45) is 10.7 Å². The van der Waals surface area contributed by atoms with E-state index in [0.29, 0.717) is 92.7 Å². The number of hydrogen-bond acceptors (Lipinski definition) is 13. The van der Waals surface area contributed by atoms with Crippen LogP contribution >= 0.6 is 21.6 Å². The fourth-order valence-electron chi connectivity index (χ4n) is 7.66. The van der Waals surface area contributed by atoms with Gasteiger partial charge in [-0.3, -0.25) is 19.4 Å². The van der Waals surface area contributed by atoms with Crippen LogP contribution in [-0.4, -0.2) is 120 Å². The number of ether oxygens (including phenoxy) is 4. The highest BCUT2D eigenvalue weighted by Gasteiger charge is 2.46. The molecule has 4 aliphatic rings.